The molecule has 3 aromatic rings. The van der Waals surface area contributed by atoms with Crippen LogP contribution in [0.25, 0.3) is 6.08 Å². The molecule has 0 atom stereocenters. The van der Waals surface area contributed by atoms with Gasteiger partial charge < -0.3 is 13.9 Å². The minimum Gasteiger partial charge on any atom is -0.484 e. The molecular formula is C24H22N2O5. The predicted octanol–water partition coefficient (Wildman–Crippen LogP) is 4.04. The van der Waals surface area contributed by atoms with Gasteiger partial charge in [-0.15, -0.1) is 0 Å². The molecule has 31 heavy (non-hydrogen) atoms. The highest BCUT2D eigenvalue weighted by atomic mass is 16.5. The molecule has 0 spiro atoms. The fourth-order valence-corrected chi connectivity index (χ4v) is 2.51. The van der Waals surface area contributed by atoms with Crippen LogP contribution in [0.15, 0.2) is 76.5 Å². The molecule has 0 radical (unpaired) electrons. The summed E-state index contributed by atoms with van der Waals surface area (Å²) in [6.45, 7) is 3.83. The standard InChI is InChI=1S/C24H22N2O5/c1-17-8-9-21(13-18(17)2)30-16-23(27)26-25-15-19-5-3-6-22(14-19)31-24(28)11-10-20-7-4-12-29-20/h3-15H,16H2,1-2H3,(H,26,27)/b11-10+,25-15-. The minimum atomic E-state index is -0.540. The van der Waals surface area contributed by atoms with Crippen molar-refractivity contribution in [3.05, 3.63) is 89.4 Å². The van der Waals surface area contributed by atoms with E-state index in [1.165, 1.54) is 24.6 Å². The van der Waals surface area contributed by atoms with Gasteiger partial charge in [-0.2, -0.15) is 5.10 Å². The molecule has 0 aliphatic heterocycles. The molecule has 0 aliphatic carbocycles. The third-order valence-electron chi connectivity index (χ3n) is 4.25. The van der Waals surface area contributed by atoms with Crippen LogP contribution in [0.4, 0.5) is 0 Å². The summed E-state index contributed by atoms with van der Waals surface area (Å²) in [5, 5.41) is 3.90. The highest BCUT2D eigenvalue weighted by Crippen LogP contribution is 2.16. The molecule has 3 rings (SSSR count). The first-order chi connectivity index (χ1) is 15.0. The summed E-state index contributed by atoms with van der Waals surface area (Å²) in [6, 6.07) is 15.8. The van der Waals surface area contributed by atoms with Crippen LogP contribution in [0, 0.1) is 13.8 Å². The monoisotopic (exact) mass is 418 g/mol. The normalized spacial score (nSPS) is 11.0. The number of aryl methyl sites for hydroxylation is 2. The number of carbonyl (C=O) groups excluding carboxylic acids is 2. The van der Waals surface area contributed by atoms with E-state index in [1.807, 2.05) is 32.0 Å². The van der Waals surface area contributed by atoms with Gasteiger partial charge in [0.15, 0.2) is 6.61 Å². The van der Waals surface area contributed by atoms with Crippen LogP contribution in [0.2, 0.25) is 0 Å². The second kappa shape index (κ2) is 10.6. The van der Waals surface area contributed by atoms with Crippen LogP contribution < -0.4 is 14.9 Å². The lowest BCUT2D eigenvalue weighted by Gasteiger charge is -2.07. The second-order valence-electron chi connectivity index (χ2n) is 6.67. The number of ether oxygens (including phenoxy) is 2. The van der Waals surface area contributed by atoms with Crippen molar-refractivity contribution in [3.8, 4) is 11.5 Å². The van der Waals surface area contributed by atoms with E-state index >= 15 is 0 Å². The predicted molar refractivity (Wildman–Crippen MR) is 117 cm³/mol. The van der Waals surface area contributed by atoms with Crippen LogP contribution in [0.5, 0.6) is 11.5 Å². The largest absolute Gasteiger partial charge is 0.484 e. The van der Waals surface area contributed by atoms with Gasteiger partial charge in [-0.05, 0) is 73.0 Å². The number of rotatable bonds is 8. The third-order valence-corrected chi connectivity index (χ3v) is 4.25. The van der Waals surface area contributed by atoms with Crippen LogP contribution >= 0.6 is 0 Å². The van der Waals surface area contributed by atoms with E-state index in [-0.39, 0.29) is 12.5 Å². The maximum Gasteiger partial charge on any atom is 0.336 e. The van der Waals surface area contributed by atoms with E-state index in [0.29, 0.717) is 22.8 Å². The number of hydrogen-bond acceptors (Lipinski definition) is 6. The lowest BCUT2D eigenvalue weighted by atomic mass is 10.1. The average Bonchev–Trinajstić information content (AvgIpc) is 3.27. The zero-order valence-electron chi connectivity index (χ0n) is 17.2. The fraction of sp³-hybridized carbons (Fsp3) is 0.125. The van der Waals surface area contributed by atoms with Crippen molar-refractivity contribution in [2.45, 2.75) is 13.8 Å². The molecule has 0 fully saturated rings. The number of hydrogen-bond donors (Lipinski definition) is 1. The molecule has 0 aliphatic rings. The Kier molecular flexibility index (Phi) is 7.37. The summed E-state index contributed by atoms with van der Waals surface area (Å²) in [7, 11) is 0. The summed E-state index contributed by atoms with van der Waals surface area (Å²) >= 11 is 0. The second-order valence-corrected chi connectivity index (χ2v) is 6.67. The van der Waals surface area contributed by atoms with Gasteiger partial charge in [0, 0.05) is 6.08 Å². The first-order valence-electron chi connectivity index (χ1n) is 9.55. The Hall–Kier alpha value is -4.13. The van der Waals surface area contributed by atoms with Crippen molar-refractivity contribution in [2.24, 2.45) is 5.10 Å². The molecule has 158 valence electrons. The van der Waals surface area contributed by atoms with Gasteiger partial charge in [0.1, 0.15) is 17.3 Å². The zero-order valence-corrected chi connectivity index (χ0v) is 17.2. The third kappa shape index (κ3) is 7.01. The summed E-state index contributed by atoms with van der Waals surface area (Å²) in [6.07, 6.45) is 5.75. The Morgan fingerprint density at radius 3 is 2.68 bits per heavy atom. The molecule has 1 amide bonds. The van der Waals surface area contributed by atoms with Crippen molar-refractivity contribution >= 4 is 24.2 Å². The molecule has 1 heterocycles. The van der Waals surface area contributed by atoms with Crippen LogP contribution in [0.1, 0.15) is 22.5 Å². The number of hydrazone groups is 1. The summed E-state index contributed by atoms with van der Waals surface area (Å²) in [5.41, 5.74) is 5.29. The van der Waals surface area contributed by atoms with E-state index in [2.05, 4.69) is 10.5 Å². The van der Waals surface area contributed by atoms with E-state index in [0.717, 1.165) is 11.1 Å². The van der Waals surface area contributed by atoms with Gasteiger partial charge in [0.2, 0.25) is 0 Å². The van der Waals surface area contributed by atoms with Gasteiger partial charge in [0.25, 0.3) is 5.91 Å². The van der Waals surface area contributed by atoms with Crippen molar-refractivity contribution in [1.29, 1.82) is 0 Å². The van der Waals surface area contributed by atoms with E-state index in [1.54, 1.807) is 36.4 Å². The lowest BCUT2D eigenvalue weighted by molar-refractivity contribution is -0.129. The molecule has 1 aromatic heterocycles. The van der Waals surface area contributed by atoms with Gasteiger partial charge in [-0.25, -0.2) is 10.2 Å². The molecule has 0 unspecified atom stereocenters. The molecule has 2 aromatic carbocycles. The van der Waals surface area contributed by atoms with Crippen molar-refractivity contribution in [1.82, 2.24) is 5.43 Å². The topological polar surface area (TPSA) is 90.1 Å². The van der Waals surface area contributed by atoms with Crippen molar-refractivity contribution < 1.29 is 23.5 Å². The van der Waals surface area contributed by atoms with Crippen LogP contribution in [-0.2, 0) is 9.59 Å². The molecule has 0 bridgehead atoms. The van der Waals surface area contributed by atoms with E-state index < -0.39 is 5.97 Å². The molecule has 0 saturated carbocycles. The van der Waals surface area contributed by atoms with Crippen LogP contribution in [-0.4, -0.2) is 24.7 Å². The van der Waals surface area contributed by atoms with Gasteiger partial charge in [-0.1, -0.05) is 18.2 Å². The van der Waals surface area contributed by atoms with E-state index in [9.17, 15) is 9.59 Å². The van der Waals surface area contributed by atoms with Gasteiger partial charge in [-0.3, -0.25) is 4.79 Å². The molecular weight excluding hydrogens is 396 g/mol. The highest BCUT2D eigenvalue weighted by molar-refractivity contribution is 5.89. The van der Waals surface area contributed by atoms with Crippen molar-refractivity contribution in [2.75, 3.05) is 6.61 Å². The maximum atomic E-state index is 11.9. The Bertz CT molecular complexity index is 1100. The number of nitrogens with zero attached hydrogens (tertiary/aromatic N) is 1. The Labute approximate surface area is 180 Å². The Morgan fingerprint density at radius 1 is 1.03 bits per heavy atom. The number of benzene rings is 2. The summed E-state index contributed by atoms with van der Waals surface area (Å²) < 4.78 is 15.8. The number of carbonyl (C=O) groups is 2. The fourth-order valence-electron chi connectivity index (χ4n) is 2.51. The minimum absolute atomic E-state index is 0.153. The smallest absolute Gasteiger partial charge is 0.336 e. The SMILES string of the molecule is Cc1ccc(OCC(=O)N/N=C\c2cccc(OC(=O)/C=C/c3ccco3)c2)cc1C. The first-order valence-corrected chi connectivity index (χ1v) is 9.55. The number of esters is 1. The Balaban J connectivity index is 1.47. The average molecular weight is 418 g/mol. The zero-order chi connectivity index (χ0) is 22.1. The first kappa shape index (κ1) is 21.6. The lowest BCUT2D eigenvalue weighted by Crippen LogP contribution is -2.24. The number of nitrogens with one attached hydrogen (secondary N) is 1. The maximum absolute atomic E-state index is 11.9. The Morgan fingerprint density at radius 2 is 1.90 bits per heavy atom. The number of furan rings is 1. The highest BCUT2D eigenvalue weighted by Gasteiger charge is 2.04. The molecule has 7 heteroatoms. The summed E-state index contributed by atoms with van der Waals surface area (Å²) in [4.78, 5) is 23.8. The van der Waals surface area contributed by atoms with Gasteiger partial charge in [0.05, 0.1) is 12.5 Å². The molecule has 1 N–H and O–H groups in total. The van der Waals surface area contributed by atoms with Gasteiger partial charge >= 0.3 is 5.97 Å². The quantitative estimate of drug-likeness (QED) is 0.196. The number of amides is 1. The van der Waals surface area contributed by atoms with E-state index in [4.69, 9.17) is 13.9 Å². The summed E-state index contributed by atoms with van der Waals surface area (Å²) in [5.74, 6) is 0.595. The molecule has 0 saturated heterocycles. The molecule has 7 nitrogen and oxygen atoms in total. The van der Waals surface area contributed by atoms with Crippen molar-refractivity contribution in [3.63, 3.8) is 0 Å². The van der Waals surface area contributed by atoms with Crippen LogP contribution in [0.3, 0.4) is 0 Å².